The fraction of sp³-hybridized carbons (Fsp3) is 0.500. The van der Waals surface area contributed by atoms with Crippen molar-refractivity contribution >= 4 is 45.6 Å². The van der Waals surface area contributed by atoms with Crippen LogP contribution < -0.4 is 15.4 Å². The monoisotopic (exact) mass is 454 g/mol. The van der Waals surface area contributed by atoms with Crippen LogP contribution in [0.25, 0.3) is 0 Å². The molecule has 1 aromatic rings. The maximum Gasteiger partial charge on any atom is 0.235 e. The molecule has 0 unspecified atom stereocenters. The highest BCUT2D eigenvalue weighted by Crippen LogP contribution is 2.27. The standard InChI is InChI=1S/C14H19FN4O2S.HI/c15-12-8-10(9-17-14(16)18-11-3-4-11)2-5-13(12)19-6-1-7-22(19,20)21;/h2,5,8,11H,1,3-4,6-7,9H2,(H3,16,17,18);1H. The first kappa shape index (κ1) is 18.2. The van der Waals surface area contributed by atoms with E-state index in [0.717, 1.165) is 17.1 Å². The minimum atomic E-state index is -3.37. The van der Waals surface area contributed by atoms with Gasteiger partial charge in [0, 0.05) is 12.6 Å². The molecule has 6 nitrogen and oxygen atoms in total. The molecule has 9 heteroatoms. The van der Waals surface area contributed by atoms with E-state index in [4.69, 9.17) is 5.73 Å². The Bertz CT molecular complexity index is 707. The zero-order valence-electron chi connectivity index (χ0n) is 12.5. The Kier molecular flexibility index (Phi) is 5.71. The van der Waals surface area contributed by atoms with Gasteiger partial charge in [-0.15, -0.1) is 24.0 Å². The summed E-state index contributed by atoms with van der Waals surface area (Å²) in [5.41, 5.74) is 6.48. The molecule has 1 heterocycles. The Morgan fingerprint density at radius 2 is 2.17 bits per heavy atom. The average Bonchev–Trinajstić information content (AvgIpc) is 3.19. The van der Waals surface area contributed by atoms with Gasteiger partial charge in [0.1, 0.15) is 5.82 Å². The van der Waals surface area contributed by atoms with Gasteiger partial charge in [-0.2, -0.15) is 0 Å². The molecule has 0 radical (unpaired) electrons. The third kappa shape index (κ3) is 4.46. The number of nitrogens with zero attached hydrogens (tertiary/aromatic N) is 2. The van der Waals surface area contributed by atoms with Crippen LogP contribution in [0, 0.1) is 5.82 Å². The molecule has 0 bridgehead atoms. The number of hydrogen-bond donors (Lipinski definition) is 2. The number of anilines is 1. The van der Waals surface area contributed by atoms with Gasteiger partial charge in [0.25, 0.3) is 0 Å². The number of halogens is 2. The maximum absolute atomic E-state index is 14.2. The van der Waals surface area contributed by atoms with Gasteiger partial charge in [0.2, 0.25) is 10.0 Å². The molecule has 1 aliphatic carbocycles. The van der Waals surface area contributed by atoms with E-state index in [1.807, 2.05) is 0 Å². The fourth-order valence-corrected chi connectivity index (χ4v) is 3.99. The summed E-state index contributed by atoms with van der Waals surface area (Å²) in [5, 5.41) is 3.05. The lowest BCUT2D eigenvalue weighted by molar-refractivity contribution is 0.594. The average molecular weight is 454 g/mol. The van der Waals surface area contributed by atoms with Crippen LogP contribution in [0.1, 0.15) is 24.8 Å². The van der Waals surface area contributed by atoms with Gasteiger partial charge in [0.05, 0.1) is 18.0 Å². The van der Waals surface area contributed by atoms with Crippen molar-refractivity contribution in [3.63, 3.8) is 0 Å². The van der Waals surface area contributed by atoms with Gasteiger partial charge >= 0.3 is 0 Å². The van der Waals surface area contributed by atoms with Crippen molar-refractivity contribution in [1.82, 2.24) is 5.32 Å². The van der Waals surface area contributed by atoms with E-state index < -0.39 is 15.8 Å². The number of nitrogens with one attached hydrogen (secondary N) is 1. The maximum atomic E-state index is 14.2. The number of benzene rings is 1. The highest BCUT2D eigenvalue weighted by atomic mass is 127. The summed E-state index contributed by atoms with van der Waals surface area (Å²) < 4.78 is 39.0. The zero-order chi connectivity index (χ0) is 15.7. The molecule has 3 N–H and O–H groups in total. The summed E-state index contributed by atoms with van der Waals surface area (Å²) in [7, 11) is -3.37. The summed E-state index contributed by atoms with van der Waals surface area (Å²) in [6.07, 6.45) is 2.73. The van der Waals surface area contributed by atoms with Gasteiger partial charge in [-0.05, 0) is 37.0 Å². The number of nitrogens with two attached hydrogens (primary N) is 1. The first-order valence-corrected chi connectivity index (χ1v) is 8.92. The van der Waals surface area contributed by atoms with E-state index in [-0.39, 0.29) is 42.0 Å². The van der Waals surface area contributed by atoms with E-state index in [9.17, 15) is 12.8 Å². The number of sulfonamides is 1. The lowest BCUT2D eigenvalue weighted by Crippen LogP contribution is -2.33. The number of hydrogen-bond acceptors (Lipinski definition) is 3. The Balaban J connectivity index is 0.00000192. The first-order chi connectivity index (χ1) is 10.5. The molecule has 2 aliphatic rings. The predicted octanol–water partition coefficient (Wildman–Crippen LogP) is 1.55. The Morgan fingerprint density at radius 1 is 1.43 bits per heavy atom. The predicted molar refractivity (Wildman–Crippen MR) is 99.0 cm³/mol. The molecule has 0 atom stereocenters. The Hall–Kier alpha value is -1.10. The quantitative estimate of drug-likeness (QED) is 0.411. The number of guanidine groups is 1. The van der Waals surface area contributed by atoms with Crippen LogP contribution in [-0.4, -0.2) is 32.7 Å². The van der Waals surface area contributed by atoms with Crippen molar-refractivity contribution in [3.8, 4) is 0 Å². The van der Waals surface area contributed by atoms with Gasteiger partial charge in [-0.1, -0.05) is 6.07 Å². The normalized spacial score (nSPS) is 20.2. The minimum Gasteiger partial charge on any atom is -0.370 e. The third-order valence-corrected chi connectivity index (χ3v) is 5.60. The highest BCUT2D eigenvalue weighted by molar-refractivity contribution is 14.0. The summed E-state index contributed by atoms with van der Waals surface area (Å²) in [4.78, 5) is 4.16. The minimum absolute atomic E-state index is 0. The molecule has 0 spiro atoms. The van der Waals surface area contributed by atoms with Crippen molar-refractivity contribution in [2.24, 2.45) is 10.7 Å². The second kappa shape index (κ2) is 7.20. The highest BCUT2D eigenvalue weighted by Gasteiger charge is 2.30. The van der Waals surface area contributed by atoms with Crippen LogP contribution in [0.4, 0.5) is 10.1 Å². The molecular weight excluding hydrogens is 434 g/mol. The molecule has 3 rings (SSSR count). The molecule has 1 saturated carbocycles. The van der Waals surface area contributed by atoms with Gasteiger partial charge in [0.15, 0.2) is 5.96 Å². The SMILES string of the molecule is I.NC(=NCc1ccc(N2CCCS2(=O)=O)c(F)c1)NC1CC1. The molecule has 2 fully saturated rings. The summed E-state index contributed by atoms with van der Waals surface area (Å²) in [6.45, 7) is 0.588. The summed E-state index contributed by atoms with van der Waals surface area (Å²) in [5.74, 6) is -0.122. The number of rotatable bonds is 4. The number of aliphatic imine (C=N–C) groups is 1. The Morgan fingerprint density at radius 3 is 2.74 bits per heavy atom. The van der Waals surface area contributed by atoms with Gasteiger partial charge < -0.3 is 11.1 Å². The molecule has 0 amide bonds. The van der Waals surface area contributed by atoms with Crippen molar-refractivity contribution in [3.05, 3.63) is 29.6 Å². The van der Waals surface area contributed by atoms with Crippen molar-refractivity contribution in [2.75, 3.05) is 16.6 Å². The van der Waals surface area contributed by atoms with Crippen molar-refractivity contribution < 1.29 is 12.8 Å². The van der Waals surface area contributed by atoms with E-state index in [0.29, 0.717) is 30.5 Å². The van der Waals surface area contributed by atoms with E-state index in [2.05, 4.69) is 10.3 Å². The van der Waals surface area contributed by atoms with E-state index in [1.54, 1.807) is 6.07 Å². The van der Waals surface area contributed by atoms with Crippen LogP contribution in [-0.2, 0) is 16.6 Å². The Labute approximate surface area is 152 Å². The molecule has 1 aromatic carbocycles. The third-order valence-electron chi connectivity index (χ3n) is 3.74. The molecule has 0 aromatic heterocycles. The topological polar surface area (TPSA) is 87.8 Å². The van der Waals surface area contributed by atoms with Crippen LogP contribution in [0.15, 0.2) is 23.2 Å². The molecule has 1 aliphatic heterocycles. The van der Waals surface area contributed by atoms with Gasteiger partial charge in [-0.25, -0.2) is 17.8 Å². The first-order valence-electron chi connectivity index (χ1n) is 7.31. The second-order valence-corrected chi connectivity index (χ2v) is 7.66. The van der Waals surface area contributed by atoms with Crippen LogP contribution in [0.3, 0.4) is 0 Å². The van der Waals surface area contributed by atoms with Crippen LogP contribution in [0.2, 0.25) is 0 Å². The molecule has 23 heavy (non-hydrogen) atoms. The van der Waals surface area contributed by atoms with E-state index in [1.165, 1.54) is 12.1 Å². The second-order valence-electron chi connectivity index (χ2n) is 5.65. The zero-order valence-corrected chi connectivity index (χ0v) is 15.7. The summed E-state index contributed by atoms with van der Waals surface area (Å²) >= 11 is 0. The van der Waals surface area contributed by atoms with Crippen molar-refractivity contribution in [1.29, 1.82) is 0 Å². The lowest BCUT2D eigenvalue weighted by atomic mass is 10.2. The van der Waals surface area contributed by atoms with Crippen LogP contribution >= 0.6 is 24.0 Å². The van der Waals surface area contributed by atoms with Crippen molar-refractivity contribution in [2.45, 2.75) is 31.8 Å². The van der Waals surface area contributed by atoms with Crippen LogP contribution in [0.5, 0.6) is 0 Å². The van der Waals surface area contributed by atoms with E-state index >= 15 is 0 Å². The largest absolute Gasteiger partial charge is 0.370 e. The fourth-order valence-electron chi connectivity index (χ4n) is 2.42. The van der Waals surface area contributed by atoms with Gasteiger partial charge in [-0.3, -0.25) is 4.31 Å². The smallest absolute Gasteiger partial charge is 0.235 e. The molecule has 1 saturated heterocycles. The summed E-state index contributed by atoms with van der Waals surface area (Å²) in [6, 6.07) is 4.91. The lowest BCUT2D eigenvalue weighted by Gasteiger charge is -2.17. The molecule has 128 valence electrons. The molecular formula is C14H20FIN4O2S.